The Balaban J connectivity index is 0.000000206. The van der Waals surface area contributed by atoms with Gasteiger partial charge in [-0.15, -0.1) is 35.7 Å². The van der Waals surface area contributed by atoms with Crippen molar-refractivity contribution in [3.63, 3.8) is 0 Å². The molecule has 10 aromatic heterocycles. The number of aryl methyl sites for hydroxylation is 1. The van der Waals surface area contributed by atoms with Gasteiger partial charge in [0.15, 0.2) is 0 Å². The molecule has 0 aliphatic rings. The number of aromatic nitrogens is 15. The molecule has 0 unspecified atom stereocenters. The average molecular weight is 1760 g/mol. The molecule has 0 saturated heterocycles. The Hall–Kier alpha value is -11.1. The predicted molar refractivity (Wildman–Crippen MR) is 410 cm³/mol. The third kappa shape index (κ3) is 23.1. The number of benzene rings is 9. The van der Waals surface area contributed by atoms with Crippen molar-refractivity contribution in [3.05, 3.63) is 304 Å². The topological polar surface area (TPSA) is 381 Å². The summed E-state index contributed by atoms with van der Waals surface area (Å²) in [4.78, 5) is 19.7. The van der Waals surface area contributed by atoms with E-state index in [0.29, 0.717) is 60.8 Å². The van der Waals surface area contributed by atoms with Crippen LogP contribution < -0.4 is 35.7 Å². The first-order valence-electron chi connectivity index (χ1n) is 32.6. The average Bonchev–Trinajstić information content (AvgIpc) is 0.976. The molecule has 10 heterocycles. The Morgan fingerprint density at radius 1 is 0.289 bits per heavy atom. The van der Waals surface area contributed by atoms with Crippen molar-refractivity contribution in [3.8, 4) is 107 Å². The van der Waals surface area contributed by atoms with Crippen LogP contribution in [0.3, 0.4) is 0 Å². The van der Waals surface area contributed by atoms with E-state index in [0.717, 1.165) is 65.2 Å². The van der Waals surface area contributed by atoms with Gasteiger partial charge in [-0.3, -0.25) is 24.9 Å². The molecule has 19 aromatic rings. The van der Waals surface area contributed by atoms with E-state index >= 15 is 0 Å². The van der Waals surface area contributed by atoms with Crippen LogP contribution in [0.1, 0.15) is 5.69 Å². The summed E-state index contributed by atoms with van der Waals surface area (Å²) in [6, 6.07) is 74.4. The molecule has 0 spiro atoms. The van der Waals surface area contributed by atoms with E-state index in [2.05, 4.69) is 75.9 Å². The van der Waals surface area contributed by atoms with Gasteiger partial charge in [0.1, 0.15) is 15.5 Å². The van der Waals surface area contributed by atoms with Crippen LogP contribution in [0.2, 0.25) is 0 Å². The van der Waals surface area contributed by atoms with Gasteiger partial charge < -0.3 is 44.6 Å². The number of para-hydroxylation sites is 3. The second-order valence-corrected chi connectivity index (χ2v) is 23.8. The molecule has 531 valence electrons. The molecule has 114 heavy (non-hydrogen) atoms. The van der Waals surface area contributed by atoms with Crippen LogP contribution in [0.25, 0.3) is 132 Å². The van der Waals surface area contributed by atoms with E-state index in [-0.39, 0.29) is 180 Å². The predicted octanol–water partition coefficient (Wildman–Crippen LogP) is 11.6. The molecular formula is C82H52Al3CuN15O9SZn3+10. The maximum absolute atomic E-state index is 11.7. The molecule has 0 aliphatic heterocycles. The standard InChI is InChI=1S/2C14H10N2O2.C14H10N2OS.C12H8N2O.C11H7N3O.C9H8N2O.C8H6N2O.3Al.Cu.3Zn/c3*17-12-9-5-4-8-11(12)14-16-15-13(18-14)10-6-2-1-3-7-10;15-10-7-13-6-9-4-3-8-2-1-5-14-12(8)11(9)10;15-9-6-12-5-8-2-1-7-3-4-13-14-11(7)10(8)9;1-6-2-3-7-4-5-10-9(12)8(7)11-6;11-7-3-1-2-6-4-5-9-10-8(6)7;;;;;;;/h3*1-9,17H;1-7,15H;1-6,15H;2-5H,1H3,(H,10,12);1-5,11H;;;;;;;/q;;;;;;;3*+3;4*+2/p-7. The molecule has 0 bridgehead atoms. The second kappa shape index (κ2) is 44.9. The van der Waals surface area contributed by atoms with Crippen LogP contribution in [0.4, 0.5) is 0 Å². The third-order valence-corrected chi connectivity index (χ3v) is 16.7. The fourth-order valence-electron chi connectivity index (χ4n) is 10.6. The van der Waals surface area contributed by atoms with E-state index in [9.17, 15) is 35.7 Å². The molecule has 0 fully saturated rings. The van der Waals surface area contributed by atoms with Crippen LogP contribution in [0, 0.1) is 6.92 Å². The first-order valence-corrected chi connectivity index (χ1v) is 33.4. The minimum atomic E-state index is -0.254. The minimum absolute atomic E-state index is 0. The summed E-state index contributed by atoms with van der Waals surface area (Å²) in [6.45, 7) is 1.85. The molecule has 0 N–H and O–H groups in total. The Morgan fingerprint density at radius 2 is 0.693 bits per heavy atom. The summed E-state index contributed by atoms with van der Waals surface area (Å²) >= 11 is 1.43. The first-order chi connectivity index (χ1) is 52.4. The number of hydrogen-bond acceptors (Lipinski definition) is 25. The Morgan fingerprint density at radius 3 is 1.22 bits per heavy atom. The summed E-state index contributed by atoms with van der Waals surface area (Å²) in [7, 11) is 0. The van der Waals surface area contributed by atoms with Gasteiger partial charge in [-0.1, -0.05) is 240 Å². The van der Waals surface area contributed by atoms with Gasteiger partial charge in [-0.2, -0.15) is 15.3 Å². The Labute approximate surface area is 735 Å². The summed E-state index contributed by atoms with van der Waals surface area (Å²) in [5.41, 5.74) is 7.27. The number of fused-ring (bicyclic) bond motifs is 8. The van der Waals surface area contributed by atoms with Crippen molar-refractivity contribution < 1.29 is 120 Å². The van der Waals surface area contributed by atoms with Gasteiger partial charge in [-0.05, 0) is 61.5 Å². The van der Waals surface area contributed by atoms with Gasteiger partial charge in [0.2, 0.25) is 23.6 Å². The fraction of sp³-hybridized carbons (Fsp3) is 0.0122. The van der Waals surface area contributed by atoms with Crippen molar-refractivity contribution >= 4 is 129 Å². The molecule has 19 rings (SSSR count). The smallest absolute Gasteiger partial charge is 0.872 e. The van der Waals surface area contributed by atoms with Crippen LogP contribution >= 0.6 is 11.3 Å². The molecule has 9 aromatic carbocycles. The van der Waals surface area contributed by atoms with Crippen LogP contribution in [0.15, 0.2) is 307 Å². The van der Waals surface area contributed by atoms with Crippen molar-refractivity contribution in [1.29, 1.82) is 0 Å². The van der Waals surface area contributed by atoms with Crippen molar-refractivity contribution in [2.45, 2.75) is 6.92 Å². The van der Waals surface area contributed by atoms with Gasteiger partial charge in [0.05, 0.1) is 28.9 Å². The second-order valence-electron chi connectivity index (χ2n) is 22.8. The van der Waals surface area contributed by atoms with Crippen LogP contribution in [-0.4, -0.2) is 128 Å². The zero-order valence-electron chi connectivity index (χ0n) is 60.2. The zero-order valence-corrected chi connectivity index (χ0v) is 74.4. The van der Waals surface area contributed by atoms with Crippen LogP contribution in [0.5, 0.6) is 40.4 Å². The molecular weight excluding hydrogens is 1710 g/mol. The first kappa shape index (κ1) is 91.8. The summed E-state index contributed by atoms with van der Waals surface area (Å²) in [5, 5.41) is 128. The monoisotopic (exact) mass is 1760 g/mol. The van der Waals surface area contributed by atoms with Gasteiger partial charge in [0.25, 0.3) is 0 Å². The maximum Gasteiger partial charge on any atom is 3.00 e. The summed E-state index contributed by atoms with van der Waals surface area (Å²) < 4.78 is 11.0. The van der Waals surface area contributed by atoms with Crippen molar-refractivity contribution in [2.24, 2.45) is 0 Å². The number of hydrogen-bond donors (Lipinski definition) is 0. The number of pyridine rings is 5. The van der Waals surface area contributed by atoms with E-state index in [4.69, 9.17) is 8.83 Å². The normalized spacial score (nSPS) is 9.90. The Bertz CT molecular complexity index is 5840. The fourth-order valence-corrected chi connectivity index (χ4v) is 11.5. The number of rotatable bonds is 6. The van der Waals surface area contributed by atoms with Crippen molar-refractivity contribution in [2.75, 3.05) is 0 Å². The molecule has 0 aliphatic carbocycles. The molecule has 24 nitrogen and oxygen atoms in total. The Kier molecular flexibility index (Phi) is 36.2. The van der Waals surface area contributed by atoms with E-state index in [1.807, 2.05) is 165 Å². The van der Waals surface area contributed by atoms with Gasteiger partial charge in [-0.25, -0.2) is 0 Å². The molecule has 0 atom stereocenters. The quantitative estimate of drug-likeness (QED) is 0.110. The third-order valence-electron chi connectivity index (χ3n) is 15.7. The van der Waals surface area contributed by atoms with E-state index in [1.165, 1.54) is 48.1 Å². The SMILES string of the molecule is Cc1ccc2ccnc([O-])c2n1.[Al+3].[Al+3].[Al+3].[Cu+2].[O-]c1cccc2ccnnc12.[O-]c1ccccc1-c1nnc(-c2ccccc2)o1.[O-]c1ccccc1-c1nnc(-c2ccccc2)o1.[O-]c1ccccc1-c1nnc(-c2ccccc2)s1.[O-]c1cncc2ccc3cccnc3c12.[O-]c1cncc2ccc3ccnnc3c12.[Zn+2].[Zn+2].[Zn+2]. The van der Waals surface area contributed by atoms with Gasteiger partial charge >= 0.3 is 128 Å². The van der Waals surface area contributed by atoms with Crippen molar-refractivity contribution in [1.82, 2.24) is 75.9 Å². The zero-order chi connectivity index (χ0) is 73.9. The summed E-state index contributed by atoms with van der Waals surface area (Å²) in [5.74, 6) is 0.540. The van der Waals surface area contributed by atoms with Gasteiger partial charge in [0, 0.05) is 125 Å². The van der Waals surface area contributed by atoms with E-state index < -0.39 is 0 Å². The van der Waals surface area contributed by atoms with Crippen LogP contribution in [-0.2, 0) is 75.5 Å². The summed E-state index contributed by atoms with van der Waals surface area (Å²) in [6.07, 6.45) is 12.4. The molecule has 0 amide bonds. The number of nitrogens with zero attached hydrogens (tertiary/aromatic N) is 15. The maximum atomic E-state index is 11.7. The largest absolute Gasteiger partial charge is 3.00 e. The molecule has 1 radical (unpaired) electrons. The molecule has 0 saturated carbocycles. The molecule has 32 heteroatoms. The van der Waals surface area contributed by atoms with E-state index in [1.54, 1.807) is 104 Å². The minimum Gasteiger partial charge on any atom is -0.872 e.